The molecule has 1 nitrogen and oxygen atoms in total. The smallest absolute Gasteiger partial charge is 0.0153 e. The minimum atomic E-state index is 0.451. The number of hydrogen-bond acceptors (Lipinski definition) is 1. The maximum absolute atomic E-state index is 2.72. The van der Waals surface area contributed by atoms with E-state index in [1.165, 1.54) is 70.9 Å². The van der Waals surface area contributed by atoms with Crippen LogP contribution in [0.1, 0.15) is 78.6 Å². The lowest BCUT2D eigenvalue weighted by atomic mass is 9.92. The third-order valence-corrected chi connectivity index (χ3v) is 4.10. The number of unbranched alkanes of at least 4 members (excludes halogenated alkanes) is 4. The molecule has 0 aromatic carbocycles. The summed E-state index contributed by atoms with van der Waals surface area (Å²) >= 11 is 0. The van der Waals surface area contributed by atoms with E-state index >= 15 is 0 Å². The molecule has 1 saturated heterocycles. The van der Waals surface area contributed by atoms with Crippen molar-refractivity contribution in [1.82, 2.24) is 4.90 Å². The zero-order valence-corrected chi connectivity index (χ0v) is 11.7. The molecule has 1 aliphatic heterocycles. The number of nitrogens with zero attached hydrogens (tertiary/aromatic N) is 1. The van der Waals surface area contributed by atoms with Gasteiger partial charge in [-0.2, -0.15) is 0 Å². The van der Waals surface area contributed by atoms with E-state index in [1.807, 2.05) is 0 Å². The summed E-state index contributed by atoms with van der Waals surface area (Å²) in [7, 11) is 0. The topological polar surface area (TPSA) is 3.24 Å². The van der Waals surface area contributed by atoms with Gasteiger partial charge in [0.1, 0.15) is 0 Å². The molecule has 0 atom stereocenters. The number of piperidine rings is 1. The monoisotopic (exact) mass is 225 g/mol. The van der Waals surface area contributed by atoms with Gasteiger partial charge in [-0.25, -0.2) is 0 Å². The Morgan fingerprint density at radius 2 is 1.50 bits per heavy atom. The maximum atomic E-state index is 2.72. The predicted octanol–water partition coefficient (Wildman–Crippen LogP) is 4.61. The minimum absolute atomic E-state index is 0.451. The largest absolute Gasteiger partial charge is 0.298 e. The van der Waals surface area contributed by atoms with Gasteiger partial charge >= 0.3 is 0 Å². The summed E-state index contributed by atoms with van der Waals surface area (Å²) in [6.07, 6.45) is 12.7. The Morgan fingerprint density at radius 1 is 0.875 bits per heavy atom. The van der Waals surface area contributed by atoms with Crippen molar-refractivity contribution in [3.63, 3.8) is 0 Å². The van der Waals surface area contributed by atoms with Gasteiger partial charge in [0.25, 0.3) is 0 Å². The molecule has 16 heavy (non-hydrogen) atoms. The number of hydrogen-bond donors (Lipinski definition) is 0. The van der Waals surface area contributed by atoms with E-state index in [9.17, 15) is 0 Å². The van der Waals surface area contributed by atoms with Crippen LogP contribution in [0, 0.1) is 0 Å². The lowest BCUT2D eigenvalue weighted by molar-refractivity contribution is 0.0856. The van der Waals surface area contributed by atoms with Gasteiger partial charge in [0.15, 0.2) is 0 Å². The van der Waals surface area contributed by atoms with Gasteiger partial charge in [0, 0.05) is 5.54 Å². The second kappa shape index (κ2) is 7.32. The molecule has 0 aromatic rings. The van der Waals surface area contributed by atoms with Crippen molar-refractivity contribution in [3.05, 3.63) is 0 Å². The molecule has 0 saturated carbocycles. The van der Waals surface area contributed by atoms with Crippen LogP contribution in [0.15, 0.2) is 0 Å². The fourth-order valence-corrected chi connectivity index (χ4v) is 2.82. The molecule has 1 heteroatoms. The highest BCUT2D eigenvalue weighted by Crippen LogP contribution is 2.25. The van der Waals surface area contributed by atoms with Crippen LogP contribution in [-0.2, 0) is 0 Å². The Morgan fingerprint density at radius 3 is 2.12 bits per heavy atom. The molecular formula is C15H31N. The summed E-state index contributed by atoms with van der Waals surface area (Å²) in [4.78, 5) is 2.72. The summed E-state index contributed by atoms with van der Waals surface area (Å²) in [6, 6.07) is 0. The predicted molar refractivity (Wildman–Crippen MR) is 72.9 cm³/mol. The molecule has 1 aliphatic rings. The van der Waals surface area contributed by atoms with Crippen LogP contribution in [0.25, 0.3) is 0 Å². The SMILES string of the molecule is CCCCCCCC(C)(C)N1CCCCC1. The molecule has 0 aliphatic carbocycles. The Bertz CT molecular complexity index is 168. The lowest BCUT2D eigenvalue weighted by Gasteiger charge is -2.41. The van der Waals surface area contributed by atoms with E-state index in [4.69, 9.17) is 0 Å². The summed E-state index contributed by atoms with van der Waals surface area (Å²) in [6.45, 7) is 9.85. The molecule has 1 heterocycles. The molecule has 0 radical (unpaired) electrons. The van der Waals surface area contributed by atoms with E-state index in [0.29, 0.717) is 5.54 Å². The Labute approximate surface area is 103 Å². The van der Waals surface area contributed by atoms with Crippen molar-refractivity contribution in [1.29, 1.82) is 0 Å². The third kappa shape index (κ3) is 4.86. The zero-order valence-electron chi connectivity index (χ0n) is 11.7. The van der Waals surface area contributed by atoms with Gasteiger partial charge in [-0.3, -0.25) is 4.90 Å². The van der Waals surface area contributed by atoms with Crippen LogP contribution < -0.4 is 0 Å². The van der Waals surface area contributed by atoms with Crippen molar-refractivity contribution in [2.75, 3.05) is 13.1 Å². The molecule has 0 spiro atoms. The van der Waals surface area contributed by atoms with Gasteiger partial charge in [-0.05, 0) is 46.2 Å². The molecule has 0 N–H and O–H groups in total. The van der Waals surface area contributed by atoms with Crippen molar-refractivity contribution >= 4 is 0 Å². The van der Waals surface area contributed by atoms with Crippen molar-refractivity contribution in [2.45, 2.75) is 84.1 Å². The quantitative estimate of drug-likeness (QED) is 0.572. The molecule has 0 unspecified atom stereocenters. The molecule has 0 amide bonds. The fraction of sp³-hybridized carbons (Fsp3) is 1.00. The van der Waals surface area contributed by atoms with Crippen LogP contribution in [0.4, 0.5) is 0 Å². The Hall–Kier alpha value is -0.0400. The van der Waals surface area contributed by atoms with Crippen LogP contribution in [0.5, 0.6) is 0 Å². The highest BCUT2D eigenvalue weighted by atomic mass is 15.2. The van der Waals surface area contributed by atoms with E-state index in [0.717, 1.165) is 0 Å². The van der Waals surface area contributed by atoms with Crippen molar-refractivity contribution in [3.8, 4) is 0 Å². The van der Waals surface area contributed by atoms with Gasteiger partial charge in [-0.15, -0.1) is 0 Å². The lowest BCUT2D eigenvalue weighted by Crippen LogP contribution is -2.46. The molecule has 0 aromatic heterocycles. The van der Waals surface area contributed by atoms with E-state index in [2.05, 4.69) is 25.7 Å². The molecule has 96 valence electrons. The first kappa shape index (κ1) is 14.0. The van der Waals surface area contributed by atoms with Crippen molar-refractivity contribution < 1.29 is 0 Å². The van der Waals surface area contributed by atoms with Crippen molar-refractivity contribution in [2.24, 2.45) is 0 Å². The summed E-state index contributed by atoms with van der Waals surface area (Å²) in [5.74, 6) is 0. The van der Waals surface area contributed by atoms with Gasteiger partial charge in [-0.1, -0.05) is 45.4 Å². The Kier molecular flexibility index (Phi) is 6.41. The summed E-state index contributed by atoms with van der Waals surface area (Å²) in [5, 5.41) is 0. The van der Waals surface area contributed by atoms with Gasteiger partial charge in [0.05, 0.1) is 0 Å². The van der Waals surface area contributed by atoms with Crippen LogP contribution in [-0.4, -0.2) is 23.5 Å². The average molecular weight is 225 g/mol. The van der Waals surface area contributed by atoms with Gasteiger partial charge in [0.2, 0.25) is 0 Å². The van der Waals surface area contributed by atoms with Gasteiger partial charge < -0.3 is 0 Å². The number of likely N-dealkylation sites (tertiary alicyclic amines) is 1. The first-order valence-corrected chi connectivity index (χ1v) is 7.42. The normalized spacial score (nSPS) is 18.9. The summed E-state index contributed by atoms with van der Waals surface area (Å²) < 4.78 is 0. The maximum Gasteiger partial charge on any atom is 0.0153 e. The highest BCUT2D eigenvalue weighted by molar-refractivity contribution is 4.83. The molecule has 1 rings (SSSR count). The standard InChI is InChI=1S/C15H31N/c1-4-5-6-7-9-12-15(2,3)16-13-10-8-11-14-16/h4-14H2,1-3H3. The third-order valence-electron chi connectivity index (χ3n) is 4.10. The second-order valence-electron chi connectivity index (χ2n) is 6.02. The summed E-state index contributed by atoms with van der Waals surface area (Å²) in [5.41, 5.74) is 0.451. The van der Waals surface area contributed by atoms with E-state index in [-0.39, 0.29) is 0 Å². The highest BCUT2D eigenvalue weighted by Gasteiger charge is 2.26. The first-order valence-electron chi connectivity index (χ1n) is 7.42. The zero-order chi connectivity index (χ0) is 11.9. The minimum Gasteiger partial charge on any atom is -0.298 e. The average Bonchev–Trinajstić information content (AvgIpc) is 2.30. The van der Waals surface area contributed by atoms with Crippen LogP contribution in [0.3, 0.4) is 0 Å². The van der Waals surface area contributed by atoms with Crippen LogP contribution >= 0.6 is 0 Å². The van der Waals surface area contributed by atoms with Crippen LogP contribution in [0.2, 0.25) is 0 Å². The van der Waals surface area contributed by atoms with E-state index < -0.39 is 0 Å². The first-order chi connectivity index (χ1) is 7.67. The molecule has 1 fully saturated rings. The van der Waals surface area contributed by atoms with E-state index in [1.54, 1.807) is 0 Å². The number of rotatable bonds is 7. The molecule has 0 bridgehead atoms. The Balaban J connectivity index is 2.16. The fourth-order valence-electron chi connectivity index (χ4n) is 2.82. The second-order valence-corrected chi connectivity index (χ2v) is 6.02. The molecular weight excluding hydrogens is 194 g/mol.